The summed E-state index contributed by atoms with van der Waals surface area (Å²) in [6, 6.07) is 7.02. The Kier molecular flexibility index (Phi) is 5.95. The van der Waals surface area contributed by atoms with Gasteiger partial charge in [-0.1, -0.05) is 32.0 Å². The van der Waals surface area contributed by atoms with E-state index in [2.05, 4.69) is 23.8 Å². The molecule has 2 heterocycles. The molecule has 1 amide bonds. The SMILES string of the molecule is CCn1ncc(C(=O)N2CCN(Cc3ccccc3F)C[C@@H]2C(C)C)c1C. The van der Waals surface area contributed by atoms with Gasteiger partial charge in [-0.05, 0) is 25.8 Å². The van der Waals surface area contributed by atoms with Gasteiger partial charge >= 0.3 is 0 Å². The van der Waals surface area contributed by atoms with Crippen molar-refractivity contribution >= 4 is 5.91 Å². The lowest BCUT2D eigenvalue weighted by Gasteiger charge is -2.43. The zero-order valence-corrected chi connectivity index (χ0v) is 16.7. The maximum Gasteiger partial charge on any atom is 0.257 e. The van der Waals surface area contributed by atoms with Gasteiger partial charge in [0.25, 0.3) is 5.91 Å². The fourth-order valence-corrected chi connectivity index (χ4v) is 3.83. The normalized spacial score (nSPS) is 18.3. The lowest BCUT2D eigenvalue weighted by molar-refractivity contribution is 0.0325. The Labute approximate surface area is 160 Å². The Bertz CT molecular complexity index is 801. The number of aryl methyl sites for hydroxylation is 1. The number of carbonyl (C=O) groups excluding carboxylic acids is 1. The summed E-state index contributed by atoms with van der Waals surface area (Å²) in [4.78, 5) is 17.4. The molecule has 0 spiro atoms. The van der Waals surface area contributed by atoms with Gasteiger partial charge in [0.05, 0.1) is 11.8 Å². The number of benzene rings is 1. The first kappa shape index (κ1) is 19.5. The lowest BCUT2D eigenvalue weighted by Crippen LogP contribution is -2.56. The molecule has 1 aliphatic rings. The highest BCUT2D eigenvalue weighted by Crippen LogP contribution is 2.23. The quantitative estimate of drug-likeness (QED) is 0.808. The van der Waals surface area contributed by atoms with Gasteiger partial charge < -0.3 is 4.90 Å². The van der Waals surface area contributed by atoms with E-state index in [0.717, 1.165) is 25.3 Å². The Morgan fingerprint density at radius 3 is 2.67 bits per heavy atom. The molecule has 3 rings (SSSR count). The first-order chi connectivity index (χ1) is 12.9. The Morgan fingerprint density at radius 2 is 2.04 bits per heavy atom. The van der Waals surface area contributed by atoms with Crippen LogP contribution in [0.25, 0.3) is 0 Å². The maximum atomic E-state index is 14.0. The number of nitrogens with zero attached hydrogens (tertiary/aromatic N) is 4. The number of aromatic nitrogens is 2. The highest BCUT2D eigenvalue weighted by molar-refractivity contribution is 5.95. The van der Waals surface area contributed by atoms with Crippen LogP contribution in [0.1, 0.15) is 42.4 Å². The van der Waals surface area contributed by atoms with Crippen molar-refractivity contribution in [3.05, 3.63) is 53.1 Å². The number of piperazine rings is 1. The monoisotopic (exact) mass is 372 g/mol. The van der Waals surface area contributed by atoms with Crippen molar-refractivity contribution in [1.29, 1.82) is 0 Å². The van der Waals surface area contributed by atoms with Crippen molar-refractivity contribution in [2.45, 2.75) is 46.8 Å². The van der Waals surface area contributed by atoms with Crippen LogP contribution < -0.4 is 0 Å². The van der Waals surface area contributed by atoms with Gasteiger partial charge in [-0.3, -0.25) is 14.4 Å². The second-order valence-electron chi connectivity index (χ2n) is 7.60. The molecule has 5 nitrogen and oxygen atoms in total. The average molecular weight is 372 g/mol. The van der Waals surface area contributed by atoms with Gasteiger partial charge in [0, 0.05) is 50.0 Å². The van der Waals surface area contributed by atoms with Crippen LogP contribution >= 0.6 is 0 Å². The topological polar surface area (TPSA) is 41.4 Å². The highest BCUT2D eigenvalue weighted by Gasteiger charge is 2.34. The summed E-state index contributed by atoms with van der Waals surface area (Å²) in [5.74, 6) is 0.204. The third-order valence-electron chi connectivity index (χ3n) is 5.52. The fourth-order valence-electron chi connectivity index (χ4n) is 3.83. The van der Waals surface area contributed by atoms with Gasteiger partial charge in [0.1, 0.15) is 5.82 Å². The number of halogens is 1. The molecule has 0 unspecified atom stereocenters. The van der Waals surface area contributed by atoms with Crippen LogP contribution in [-0.4, -0.2) is 51.2 Å². The molecule has 27 heavy (non-hydrogen) atoms. The third kappa shape index (κ3) is 4.05. The molecule has 1 atom stereocenters. The minimum Gasteiger partial charge on any atom is -0.333 e. The molecular formula is C21H29FN4O. The van der Waals surface area contributed by atoms with Gasteiger partial charge in [-0.25, -0.2) is 4.39 Å². The number of rotatable bonds is 5. The van der Waals surface area contributed by atoms with E-state index >= 15 is 0 Å². The van der Waals surface area contributed by atoms with Crippen LogP contribution in [0.5, 0.6) is 0 Å². The van der Waals surface area contributed by atoms with Gasteiger partial charge in [-0.2, -0.15) is 5.10 Å². The number of amides is 1. The van der Waals surface area contributed by atoms with Crippen molar-refractivity contribution in [2.24, 2.45) is 5.92 Å². The summed E-state index contributed by atoms with van der Waals surface area (Å²) in [7, 11) is 0. The van der Waals surface area contributed by atoms with Gasteiger partial charge in [0.2, 0.25) is 0 Å². The predicted molar refractivity (Wildman–Crippen MR) is 104 cm³/mol. The summed E-state index contributed by atoms with van der Waals surface area (Å²) < 4.78 is 15.9. The molecule has 0 N–H and O–H groups in total. The molecule has 1 aliphatic heterocycles. The van der Waals surface area contributed by atoms with E-state index in [1.165, 1.54) is 6.07 Å². The summed E-state index contributed by atoms with van der Waals surface area (Å²) in [6.07, 6.45) is 1.68. The van der Waals surface area contributed by atoms with Crippen LogP contribution in [-0.2, 0) is 13.1 Å². The second-order valence-corrected chi connectivity index (χ2v) is 7.60. The standard InChI is InChI=1S/C21H29FN4O/c1-5-26-16(4)18(12-23-26)21(27)25-11-10-24(14-20(25)15(2)3)13-17-8-6-7-9-19(17)22/h6-9,12,15,20H,5,10-11,13-14H2,1-4H3/t20-/m1/s1. The summed E-state index contributed by atoms with van der Waals surface area (Å²) in [5.41, 5.74) is 2.31. The lowest BCUT2D eigenvalue weighted by atomic mass is 9.98. The molecule has 1 aromatic heterocycles. The summed E-state index contributed by atoms with van der Waals surface area (Å²) in [5, 5.41) is 4.32. The smallest absolute Gasteiger partial charge is 0.257 e. The van der Waals surface area contributed by atoms with Gasteiger partial charge in [-0.15, -0.1) is 0 Å². The molecule has 1 saturated heterocycles. The largest absolute Gasteiger partial charge is 0.333 e. The molecule has 0 saturated carbocycles. The molecule has 1 aromatic carbocycles. The van der Waals surface area contributed by atoms with Crippen LogP contribution in [0.2, 0.25) is 0 Å². The van der Waals surface area contributed by atoms with Crippen LogP contribution in [0, 0.1) is 18.7 Å². The highest BCUT2D eigenvalue weighted by atomic mass is 19.1. The van der Waals surface area contributed by atoms with Crippen molar-refractivity contribution in [3.8, 4) is 0 Å². The molecular weight excluding hydrogens is 343 g/mol. The molecule has 0 aliphatic carbocycles. The second kappa shape index (κ2) is 8.21. The Morgan fingerprint density at radius 1 is 1.30 bits per heavy atom. The van der Waals surface area contributed by atoms with Gasteiger partial charge in [0.15, 0.2) is 0 Å². The molecule has 0 bridgehead atoms. The zero-order valence-electron chi connectivity index (χ0n) is 16.7. The molecule has 0 radical (unpaired) electrons. The average Bonchev–Trinajstić information content (AvgIpc) is 3.03. The molecule has 6 heteroatoms. The van der Waals surface area contributed by atoms with Crippen LogP contribution in [0.4, 0.5) is 4.39 Å². The summed E-state index contributed by atoms with van der Waals surface area (Å²) in [6.45, 7) is 11.7. The van der Waals surface area contributed by atoms with E-state index in [1.54, 1.807) is 12.3 Å². The van der Waals surface area contributed by atoms with Crippen molar-refractivity contribution in [3.63, 3.8) is 0 Å². The van der Waals surface area contributed by atoms with E-state index in [9.17, 15) is 9.18 Å². The first-order valence-electron chi connectivity index (χ1n) is 9.71. The molecule has 146 valence electrons. The van der Waals surface area contributed by atoms with Crippen molar-refractivity contribution < 1.29 is 9.18 Å². The summed E-state index contributed by atoms with van der Waals surface area (Å²) >= 11 is 0. The number of carbonyl (C=O) groups is 1. The van der Waals surface area contributed by atoms with Crippen molar-refractivity contribution in [2.75, 3.05) is 19.6 Å². The Hall–Kier alpha value is -2.21. The van der Waals surface area contributed by atoms with Crippen LogP contribution in [0.15, 0.2) is 30.5 Å². The van der Waals surface area contributed by atoms with Crippen molar-refractivity contribution in [1.82, 2.24) is 19.6 Å². The van der Waals surface area contributed by atoms with E-state index in [1.807, 2.05) is 35.6 Å². The number of hydrogen-bond acceptors (Lipinski definition) is 3. The minimum absolute atomic E-state index is 0.0523. The third-order valence-corrected chi connectivity index (χ3v) is 5.52. The molecule has 1 fully saturated rings. The number of hydrogen-bond donors (Lipinski definition) is 0. The predicted octanol–water partition coefficient (Wildman–Crippen LogP) is 3.33. The van der Waals surface area contributed by atoms with E-state index in [-0.39, 0.29) is 17.8 Å². The minimum atomic E-state index is -0.167. The van der Waals surface area contributed by atoms with Crippen LogP contribution in [0.3, 0.4) is 0 Å². The fraction of sp³-hybridized carbons (Fsp3) is 0.524. The zero-order chi connectivity index (χ0) is 19.6. The van der Waals surface area contributed by atoms with E-state index in [4.69, 9.17) is 0 Å². The maximum absolute atomic E-state index is 14.0. The van der Waals surface area contributed by atoms with E-state index in [0.29, 0.717) is 30.1 Å². The van der Waals surface area contributed by atoms with E-state index < -0.39 is 0 Å². The Balaban J connectivity index is 1.75. The first-order valence-corrected chi connectivity index (χ1v) is 9.71. The molecule has 2 aromatic rings.